The van der Waals surface area contributed by atoms with Crippen LogP contribution in [0.25, 0.3) is 0 Å². The van der Waals surface area contributed by atoms with Crippen LogP contribution in [0, 0.1) is 5.92 Å². The summed E-state index contributed by atoms with van der Waals surface area (Å²) < 4.78 is 5.31. The lowest BCUT2D eigenvalue weighted by molar-refractivity contribution is -0.121. The highest BCUT2D eigenvalue weighted by Crippen LogP contribution is 2.28. The number of carbonyl (C=O) groups excluding carboxylic acids is 1. The van der Waals surface area contributed by atoms with Gasteiger partial charge in [-0.25, -0.2) is 0 Å². The van der Waals surface area contributed by atoms with Crippen LogP contribution in [0.2, 0.25) is 0 Å². The van der Waals surface area contributed by atoms with Crippen LogP contribution in [-0.4, -0.2) is 25.7 Å². The van der Waals surface area contributed by atoms with Gasteiger partial charge in [-0.05, 0) is 19.3 Å². The Labute approximate surface area is 105 Å². The van der Waals surface area contributed by atoms with Gasteiger partial charge in [-0.1, -0.05) is 37.8 Å². The molecule has 0 aromatic carbocycles. The summed E-state index contributed by atoms with van der Waals surface area (Å²) in [5, 5.41) is 2.89. The highest BCUT2D eigenvalue weighted by Gasteiger charge is 2.15. The topological polar surface area (TPSA) is 38.3 Å². The van der Waals surface area contributed by atoms with E-state index in [4.69, 9.17) is 4.74 Å². The Morgan fingerprint density at radius 2 is 2.12 bits per heavy atom. The van der Waals surface area contributed by atoms with E-state index in [0.29, 0.717) is 26.2 Å². The van der Waals surface area contributed by atoms with Gasteiger partial charge in [-0.15, -0.1) is 0 Å². The van der Waals surface area contributed by atoms with Crippen LogP contribution in [-0.2, 0) is 9.53 Å². The average molecular weight is 239 g/mol. The molecule has 0 bridgehead atoms. The van der Waals surface area contributed by atoms with E-state index >= 15 is 0 Å². The van der Waals surface area contributed by atoms with Crippen LogP contribution in [0.5, 0.6) is 0 Å². The standard InChI is InChI=1S/C14H25NO2/c1-12(2)11-17-10-9-15-14(16)8-7-13-5-3-4-6-13/h13H,1,3-11H2,2H3,(H,15,16). The Hall–Kier alpha value is -0.830. The van der Waals surface area contributed by atoms with Crippen molar-refractivity contribution in [3.8, 4) is 0 Å². The molecule has 17 heavy (non-hydrogen) atoms. The summed E-state index contributed by atoms with van der Waals surface area (Å²) in [5.41, 5.74) is 1.01. The van der Waals surface area contributed by atoms with Crippen molar-refractivity contribution in [1.82, 2.24) is 5.32 Å². The van der Waals surface area contributed by atoms with E-state index in [2.05, 4.69) is 11.9 Å². The van der Waals surface area contributed by atoms with Gasteiger partial charge in [-0.3, -0.25) is 4.79 Å². The molecule has 0 aliphatic heterocycles. The van der Waals surface area contributed by atoms with Crippen molar-refractivity contribution in [2.24, 2.45) is 5.92 Å². The van der Waals surface area contributed by atoms with Crippen LogP contribution in [0.1, 0.15) is 45.4 Å². The molecule has 1 saturated carbocycles. The number of hydrogen-bond acceptors (Lipinski definition) is 2. The van der Waals surface area contributed by atoms with Gasteiger partial charge in [0, 0.05) is 13.0 Å². The summed E-state index contributed by atoms with van der Waals surface area (Å²) in [7, 11) is 0. The summed E-state index contributed by atoms with van der Waals surface area (Å²) in [4.78, 5) is 11.5. The second-order valence-corrected chi connectivity index (χ2v) is 5.05. The lowest BCUT2D eigenvalue weighted by Gasteiger charge is -2.09. The van der Waals surface area contributed by atoms with Crippen molar-refractivity contribution in [1.29, 1.82) is 0 Å². The molecule has 0 heterocycles. The lowest BCUT2D eigenvalue weighted by Crippen LogP contribution is -2.27. The molecule has 1 amide bonds. The van der Waals surface area contributed by atoms with Gasteiger partial charge < -0.3 is 10.1 Å². The molecular formula is C14H25NO2. The van der Waals surface area contributed by atoms with E-state index in [0.717, 1.165) is 17.9 Å². The largest absolute Gasteiger partial charge is 0.375 e. The number of hydrogen-bond donors (Lipinski definition) is 1. The first-order valence-corrected chi connectivity index (χ1v) is 6.67. The van der Waals surface area contributed by atoms with Crippen molar-refractivity contribution in [3.05, 3.63) is 12.2 Å². The molecule has 1 rings (SSSR count). The number of amides is 1. The van der Waals surface area contributed by atoms with E-state index in [-0.39, 0.29) is 5.91 Å². The SMILES string of the molecule is C=C(C)COCCNC(=O)CCC1CCCC1. The maximum absolute atomic E-state index is 11.5. The molecular weight excluding hydrogens is 214 g/mol. The molecule has 0 radical (unpaired) electrons. The fraction of sp³-hybridized carbons (Fsp3) is 0.786. The number of rotatable bonds is 8. The summed E-state index contributed by atoms with van der Waals surface area (Å²) in [5.74, 6) is 0.955. The summed E-state index contributed by atoms with van der Waals surface area (Å²) in [6.07, 6.45) is 7.05. The van der Waals surface area contributed by atoms with Gasteiger partial charge in [0.15, 0.2) is 0 Å². The van der Waals surface area contributed by atoms with Crippen molar-refractivity contribution < 1.29 is 9.53 Å². The molecule has 1 aliphatic carbocycles. The van der Waals surface area contributed by atoms with Gasteiger partial charge in [0.25, 0.3) is 0 Å². The van der Waals surface area contributed by atoms with Crippen LogP contribution >= 0.6 is 0 Å². The Balaban J connectivity index is 1.92. The number of ether oxygens (including phenoxy) is 1. The zero-order valence-corrected chi connectivity index (χ0v) is 11.0. The fourth-order valence-electron chi connectivity index (χ4n) is 2.23. The Morgan fingerprint density at radius 3 is 2.76 bits per heavy atom. The highest BCUT2D eigenvalue weighted by atomic mass is 16.5. The summed E-state index contributed by atoms with van der Waals surface area (Å²) in [6.45, 7) is 7.44. The average Bonchev–Trinajstić information content (AvgIpc) is 2.78. The van der Waals surface area contributed by atoms with E-state index < -0.39 is 0 Å². The van der Waals surface area contributed by atoms with E-state index in [1.165, 1.54) is 25.7 Å². The normalized spacial score (nSPS) is 16.1. The molecule has 0 atom stereocenters. The second-order valence-electron chi connectivity index (χ2n) is 5.05. The zero-order chi connectivity index (χ0) is 12.5. The molecule has 3 heteroatoms. The summed E-state index contributed by atoms with van der Waals surface area (Å²) >= 11 is 0. The minimum absolute atomic E-state index is 0.163. The maximum Gasteiger partial charge on any atom is 0.220 e. The van der Waals surface area contributed by atoms with E-state index in [1.807, 2.05) is 6.92 Å². The first kappa shape index (κ1) is 14.2. The van der Waals surface area contributed by atoms with Gasteiger partial charge in [0.05, 0.1) is 13.2 Å². The first-order chi connectivity index (χ1) is 8.18. The zero-order valence-electron chi connectivity index (χ0n) is 11.0. The fourth-order valence-corrected chi connectivity index (χ4v) is 2.23. The molecule has 0 saturated heterocycles. The van der Waals surface area contributed by atoms with Gasteiger partial charge >= 0.3 is 0 Å². The Bertz CT molecular complexity index is 245. The maximum atomic E-state index is 11.5. The minimum atomic E-state index is 0.163. The van der Waals surface area contributed by atoms with Gasteiger partial charge in [-0.2, -0.15) is 0 Å². The van der Waals surface area contributed by atoms with E-state index in [1.54, 1.807) is 0 Å². The molecule has 3 nitrogen and oxygen atoms in total. The molecule has 0 aromatic heterocycles. The van der Waals surface area contributed by atoms with Crippen molar-refractivity contribution in [2.45, 2.75) is 45.4 Å². The molecule has 1 N–H and O–H groups in total. The first-order valence-electron chi connectivity index (χ1n) is 6.67. The lowest BCUT2D eigenvalue weighted by atomic mass is 10.0. The second kappa shape index (κ2) is 8.29. The van der Waals surface area contributed by atoms with Gasteiger partial charge in [0.2, 0.25) is 5.91 Å². The number of nitrogens with one attached hydrogen (secondary N) is 1. The highest BCUT2D eigenvalue weighted by molar-refractivity contribution is 5.75. The van der Waals surface area contributed by atoms with Crippen LogP contribution in [0.4, 0.5) is 0 Å². The third-order valence-electron chi connectivity index (χ3n) is 3.17. The molecule has 1 fully saturated rings. The Kier molecular flexibility index (Phi) is 6.94. The Morgan fingerprint density at radius 1 is 1.41 bits per heavy atom. The molecule has 98 valence electrons. The summed E-state index contributed by atoms with van der Waals surface area (Å²) in [6, 6.07) is 0. The molecule has 0 aromatic rings. The number of carbonyl (C=O) groups is 1. The van der Waals surface area contributed by atoms with Crippen LogP contribution < -0.4 is 5.32 Å². The van der Waals surface area contributed by atoms with Crippen LogP contribution in [0.3, 0.4) is 0 Å². The molecule has 1 aliphatic rings. The smallest absolute Gasteiger partial charge is 0.220 e. The van der Waals surface area contributed by atoms with Crippen molar-refractivity contribution in [3.63, 3.8) is 0 Å². The van der Waals surface area contributed by atoms with Crippen molar-refractivity contribution >= 4 is 5.91 Å². The predicted octanol–water partition coefficient (Wildman–Crippen LogP) is 2.67. The third kappa shape index (κ3) is 7.16. The monoisotopic (exact) mass is 239 g/mol. The molecule has 0 unspecified atom stereocenters. The van der Waals surface area contributed by atoms with Gasteiger partial charge in [0.1, 0.15) is 0 Å². The predicted molar refractivity (Wildman–Crippen MR) is 69.8 cm³/mol. The molecule has 0 spiro atoms. The quantitative estimate of drug-likeness (QED) is 0.522. The van der Waals surface area contributed by atoms with Crippen LogP contribution in [0.15, 0.2) is 12.2 Å². The van der Waals surface area contributed by atoms with E-state index in [9.17, 15) is 4.79 Å². The van der Waals surface area contributed by atoms with Crippen molar-refractivity contribution in [2.75, 3.05) is 19.8 Å². The minimum Gasteiger partial charge on any atom is -0.375 e. The third-order valence-corrected chi connectivity index (χ3v) is 3.17.